The van der Waals surface area contributed by atoms with E-state index >= 15 is 0 Å². The summed E-state index contributed by atoms with van der Waals surface area (Å²) in [5, 5.41) is 10.7. The van der Waals surface area contributed by atoms with Crippen molar-refractivity contribution in [1.82, 2.24) is 0 Å². The van der Waals surface area contributed by atoms with Crippen LogP contribution in [0.4, 0.5) is 5.69 Å². The lowest BCUT2D eigenvalue weighted by Crippen LogP contribution is -2.12. The number of rotatable bonds is 3. The van der Waals surface area contributed by atoms with Gasteiger partial charge in [0.05, 0.1) is 10.6 Å². The Morgan fingerprint density at radius 2 is 1.73 bits per heavy atom. The predicted molar refractivity (Wildman–Crippen MR) is 74.5 cm³/mol. The molecule has 0 aliphatic rings. The van der Waals surface area contributed by atoms with Crippen LogP contribution in [-0.4, -0.2) is 31.8 Å². The first kappa shape index (κ1) is 16.4. The lowest BCUT2D eigenvalue weighted by Gasteiger charge is -2.14. The Morgan fingerprint density at radius 1 is 1.09 bits per heavy atom. The van der Waals surface area contributed by atoms with E-state index in [4.69, 9.17) is 0 Å². The van der Waals surface area contributed by atoms with Crippen molar-refractivity contribution >= 4 is 42.6 Å². The summed E-state index contributed by atoms with van der Waals surface area (Å²) in [5.41, 5.74) is -0.344. The van der Waals surface area contributed by atoms with Gasteiger partial charge < -0.3 is 9.66 Å². The SMILES string of the molecule is CC([O-])=Nc1ccc2c(S(=O)(=O)[O-])cccc2c1S(=O)(=O)O. The molecular weight excluding hydrogens is 334 g/mol. The lowest BCUT2D eigenvalue weighted by atomic mass is 10.1. The molecule has 0 aliphatic heterocycles. The van der Waals surface area contributed by atoms with Gasteiger partial charge in [0.15, 0.2) is 0 Å². The standard InChI is InChI=1S/C12H11NO7S2/c1-7(14)13-10-6-5-8-9(12(10)22(18,19)20)3-2-4-11(8)21(15,16)17/h2-6H,1H3,(H,13,14)(H,15,16,17)(H,18,19,20)/p-2. The van der Waals surface area contributed by atoms with Gasteiger partial charge in [0.25, 0.3) is 10.1 Å². The molecule has 0 aromatic heterocycles. The van der Waals surface area contributed by atoms with E-state index in [0.29, 0.717) is 0 Å². The summed E-state index contributed by atoms with van der Waals surface area (Å²) in [5.74, 6) is -0.711. The molecule has 0 spiro atoms. The van der Waals surface area contributed by atoms with Crippen LogP contribution in [0.1, 0.15) is 6.92 Å². The van der Waals surface area contributed by atoms with Crippen LogP contribution < -0.4 is 5.11 Å². The van der Waals surface area contributed by atoms with Crippen molar-refractivity contribution in [2.45, 2.75) is 16.7 Å². The number of hydrogen-bond acceptors (Lipinski definition) is 7. The molecule has 0 atom stereocenters. The fourth-order valence-corrected chi connectivity index (χ4v) is 3.56. The molecule has 2 aromatic rings. The molecule has 0 aliphatic carbocycles. The zero-order valence-electron chi connectivity index (χ0n) is 11.0. The minimum atomic E-state index is -4.85. The van der Waals surface area contributed by atoms with E-state index in [-0.39, 0.29) is 16.5 Å². The Kier molecular flexibility index (Phi) is 3.96. The predicted octanol–water partition coefficient (Wildman–Crippen LogP) is 0.401. The first-order valence-corrected chi connectivity index (χ1v) is 8.58. The summed E-state index contributed by atoms with van der Waals surface area (Å²) in [6.07, 6.45) is 0. The average molecular weight is 343 g/mol. The van der Waals surface area contributed by atoms with E-state index in [0.717, 1.165) is 31.2 Å². The second-order valence-electron chi connectivity index (χ2n) is 4.33. The molecule has 1 N–H and O–H groups in total. The van der Waals surface area contributed by atoms with Crippen molar-refractivity contribution in [1.29, 1.82) is 0 Å². The molecule has 22 heavy (non-hydrogen) atoms. The molecule has 10 heteroatoms. The van der Waals surface area contributed by atoms with Crippen LogP contribution in [0.5, 0.6) is 0 Å². The van der Waals surface area contributed by atoms with Crippen molar-refractivity contribution in [3.63, 3.8) is 0 Å². The lowest BCUT2D eigenvalue weighted by molar-refractivity contribution is -0.215. The molecule has 8 nitrogen and oxygen atoms in total. The fourth-order valence-electron chi connectivity index (χ4n) is 2.04. The van der Waals surface area contributed by atoms with Gasteiger partial charge in [-0.3, -0.25) is 9.55 Å². The van der Waals surface area contributed by atoms with E-state index in [1.807, 2.05) is 0 Å². The summed E-state index contributed by atoms with van der Waals surface area (Å²) in [6.45, 7) is 1.08. The number of benzene rings is 2. The van der Waals surface area contributed by atoms with Crippen LogP contribution in [0.3, 0.4) is 0 Å². The van der Waals surface area contributed by atoms with Crippen LogP contribution in [-0.2, 0) is 20.2 Å². The fraction of sp³-hybridized carbons (Fsp3) is 0.0833. The maximum absolute atomic E-state index is 11.6. The molecule has 0 fully saturated rings. The summed E-state index contributed by atoms with van der Waals surface area (Å²) >= 11 is 0. The van der Waals surface area contributed by atoms with Gasteiger partial charge >= 0.3 is 0 Å². The highest BCUT2D eigenvalue weighted by atomic mass is 32.2. The highest BCUT2D eigenvalue weighted by Crippen LogP contribution is 2.35. The Labute approximate surface area is 126 Å². The Bertz CT molecular complexity index is 988. The number of fused-ring (bicyclic) bond motifs is 1. The zero-order valence-corrected chi connectivity index (χ0v) is 12.7. The maximum Gasteiger partial charge on any atom is 0.297 e. The molecule has 0 saturated carbocycles. The normalized spacial score (nSPS) is 13.5. The summed E-state index contributed by atoms with van der Waals surface area (Å²) in [7, 11) is -9.66. The van der Waals surface area contributed by atoms with Crippen LogP contribution in [0.2, 0.25) is 0 Å². The van der Waals surface area contributed by atoms with Gasteiger partial charge in [0.2, 0.25) is 0 Å². The molecule has 0 saturated heterocycles. The number of hydrogen-bond donors (Lipinski definition) is 1. The first-order valence-electron chi connectivity index (χ1n) is 5.73. The van der Waals surface area contributed by atoms with Crippen LogP contribution in [0.25, 0.3) is 10.8 Å². The van der Waals surface area contributed by atoms with E-state index < -0.39 is 35.9 Å². The van der Waals surface area contributed by atoms with E-state index in [1.165, 1.54) is 6.07 Å². The topological polar surface area (TPSA) is 147 Å². The van der Waals surface area contributed by atoms with Gasteiger partial charge in [0, 0.05) is 10.8 Å². The Hall–Kier alpha value is -2.01. The van der Waals surface area contributed by atoms with Gasteiger partial charge in [-0.25, -0.2) is 8.42 Å². The molecule has 0 unspecified atom stereocenters. The highest BCUT2D eigenvalue weighted by molar-refractivity contribution is 7.86. The third-order valence-corrected chi connectivity index (χ3v) is 4.60. The van der Waals surface area contributed by atoms with Crippen LogP contribution in [0, 0.1) is 0 Å². The largest absolute Gasteiger partial charge is 0.862 e. The maximum atomic E-state index is 11.6. The molecular formula is C12H9NO7S2-2. The molecule has 0 radical (unpaired) electrons. The molecule has 0 bridgehead atoms. The first-order chi connectivity index (χ1) is 10.0. The minimum Gasteiger partial charge on any atom is -0.862 e. The number of nitrogens with zero attached hydrogens (tertiary/aromatic N) is 1. The monoisotopic (exact) mass is 343 g/mol. The van der Waals surface area contributed by atoms with Gasteiger partial charge in [0.1, 0.15) is 15.0 Å². The van der Waals surface area contributed by atoms with Crippen LogP contribution in [0.15, 0.2) is 45.1 Å². The summed E-state index contributed by atoms with van der Waals surface area (Å²) < 4.78 is 66.2. The molecule has 2 rings (SSSR count). The van der Waals surface area contributed by atoms with Crippen molar-refractivity contribution < 1.29 is 31.0 Å². The van der Waals surface area contributed by atoms with E-state index in [1.54, 1.807) is 0 Å². The Balaban J connectivity index is 3.06. The van der Waals surface area contributed by atoms with Gasteiger partial charge in [-0.05, 0) is 25.0 Å². The van der Waals surface area contributed by atoms with Crippen molar-refractivity contribution in [3.05, 3.63) is 30.3 Å². The third kappa shape index (κ3) is 3.09. The average Bonchev–Trinajstić information content (AvgIpc) is 2.34. The van der Waals surface area contributed by atoms with Crippen molar-refractivity contribution in [3.8, 4) is 0 Å². The van der Waals surface area contributed by atoms with Crippen molar-refractivity contribution in [2.24, 2.45) is 4.99 Å². The second-order valence-corrected chi connectivity index (χ2v) is 7.03. The molecule has 118 valence electrons. The van der Waals surface area contributed by atoms with Gasteiger partial charge in [-0.1, -0.05) is 18.2 Å². The van der Waals surface area contributed by atoms with Crippen LogP contribution >= 0.6 is 0 Å². The number of aliphatic imine (C=N–C) groups is 1. The summed E-state index contributed by atoms with van der Waals surface area (Å²) in [4.78, 5) is 2.10. The second kappa shape index (κ2) is 5.32. The van der Waals surface area contributed by atoms with E-state index in [2.05, 4.69) is 4.99 Å². The minimum absolute atomic E-state index is 0.187. The highest BCUT2D eigenvalue weighted by Gasteiger charge is 2.21. The smallest absolute Gasteiger partial charge is 0.297 e. The molecule has 0 heterocycles. The third-order valence-electron chi connectivity index (χ3n) is 2.76. The van der Waals surface area contributed by atoms with E-state index in [9.17, 15) is 31.0 Å². The molecule has 0 amide bonds. The summed E-state index contributed by atoms with van der Waals surface area (Å²) in [6, 6.07) is 5.56. The quantitative estimate of drug-likeness (QED) is 0.482. The zero-order chi connectivity index (χ0) is 16.7. The van der Waals surface area contributed by atoms with Gasteiger partial charge in [-0.2, -0.15) is 8.42 Å². The van der Waals surface area contributed by atoms with Gasteiger partial charge in [-0.15, -0.1) is 0 Å². The molecule has 2 aromatic carbocycles. The van der Waals surface area contributed by atoms with Crippen molar-refractivity contribution in [2.75, 3.05) is 0 Å². The Morgan fingerprint density at radius 3 is 2.23 bits per heavy atom.